The first-order valence-electron chi connectivity index (χ1n) is 6.42. The smallest absolute Gasteiger partial charge is 0.243 e. The molecule has 2 rings (SSSR count). The molecule has 5 nitrogen and oxygen atoms in total. The first-order valence-corrected chi connectivity index (χ1v) is 9.13. The zero-order valence-electron chi connectivity index (χ0n) is 12.5. The van der Waals surface area contributed by atoms with Gasteiger partial charge < -0.3 is 4.90 Å². The fourth-order valence-electron chi connectivity index (χ4n) is 1.88. The Morgan fingerprint density at radius 3 is 2.52 bits per heavy atom. The molecule has 1 heterocycles. The average Bonchev–Trinajstić information content (AvgIpc) is 2.78. The Morgan fingerprint density at radius 1 is 1.33 bits per heavy atom. The third kappa shape index (κ3) is 3.08. The predicted octanol–water partition coefficient (Wildman–Crippen LogP) is 2.08. The van der Waals surface area contributed by atoms with E-state index in [-0.39, 0.29) is 0 Å². The molecule has 1 aromatic heterocycles. The maximum absolute atomic E-state index is 12.4. The summed E-state index contributed by atoms with van der Waals surface area (Å²) in [7, 11) is -1.87. The normalized spacial score (nSPS) is 12.6. The van der Waals surface area contributed by atoms with Gasteiger partial charge in [-0.05, 0) is 26.0 Å². The molecule has 0 bridgehead atoms. The van der Waals surface area contributed by atoms with E-state index in [4.69, 9.17) is 0 Å². The van der Waals surface area contributed by atoms with Crippen LogP contribution in [0.2, 0.25) is 0 Å². The molecule has 0 aliphatic rings. The van der Waals surface area contributed by atoms with Gasteiger partial charge >= 0.3 is 0 Å². The second-order valence-electron chi connectivity index (χ2n) is 5.52. The van der Waals surface area contributed by atoms with Gasteiger partial charge in [-0.1, -0.05) is 12.1 Å². The minimum absolute atomic E-state index is 0.303. The Bertz CT molecular complexity index is 745. The number of carbonyl (C=O) groups is 1. The molecule has 7 heteroatoms. The second-order valence-corrected chi connectivity index (χ2v) is 9.20. The zero-order valence-corrected chi connectivity index (χ0v) is 14.1. The van der Waals surface area contributed by atoms with Crippen LogP contribution in [0, 0.1) is 0 Å². The van der Waals surface area contributed by atoms with Crippen molar-refractivity contribution < 1.29 is 13.2 Å². The molecule has 114 valence electrons. The van der Waals surface area contributed by atoms with E-state index in [1.807, 2.05) is 24.3 Å². The first-order chi connectivity index (χ1) is 9.63. The number of thiazole rings is 1. The number of hydrogen-bond acceptors (Lipinski definition) is 5. The van der Waals surface area contributed by atoms with Gasteiger partial charge in [-0.3, -0.25) is 4.79 Å². The van der Waals surface area contributed by atoms with E-state index in [2.05, 4.69) is 4.98 Å². The lowest BCUT2D eigenvalue weighted by molar-refractivity contribution is -0.132. The molecule has 0 saturated heterocycles. The van der Waals surface area contributed by atoms with E-state index in [1.54, 1.807) is 7.05 Å². The number of carbonyl (C=O) groups excluding carboxylic acids is 1. The van der Waals surface area contributed by atoms with Gasteiger partial charge in [0.05, 0.1) is 16.8 Å². The van der Waals surface area contributed by atoms with Crippen molar-refractivity contribution in [3.8, 4) is 0 Å². The van der Waals surface area contributed by atoms with Crippen molar-refractivity contribution in [3.05, 3.63) is 29.3 Å². The number of hydrogen-bond donors (Lipinski definition) is 0. The van der Waals surface area contributed by atoms with E-state index in [0.29, 0.717) is 6.54 Å². The third-order valence-electron chi connectivity index (χ3n) is 3.50. The van der Waals surface area contributed by atoms with Gasteiger partial charge in [0.15, 0.2) is 9.84 Å². The standard InChI is InChI=1S/C14H18N2O3S2/c1-14(2,21(4,18)19)13(17)16(3)9-12-15-10-7-5-6-8-11(10)20-12/h5-8H,9H2,1-4H3. The summed E-state index contributed by atoms with van der Waals surface area (Å²) in [6.07, 6.45) is 1.08. The van der Waals surface area contributed by atoms with Crippen LogP contribution < -0.4 is 0 Å². The molecule has 0 N–H and O–H groups in total. The van der Waals surface area contributed by atoms with E-state index < -0.39 is 20.5 Å². The molecule has 2 aromatic rings. The molecule has 0 aliphatic carbocycles. The van der Waals surface area contributed by atoms with Gasteiger partial charge in [0.2, 0.25) is 5.91 Å². The van der Waals surface area contributed by atoms with E-state index in [0.717, 1.165) is 21.5 Å². The van der Waals surface area contributed by atoms with Crippen LogP contribution in [0.5, 0.6) is 0 Å². The van der Waals surface area contributed by atoms with Crippen LogP contribution in [0.1, 0.15) is 18.9 Å². The average molecular weight is 326 g/mol. The SMILES string of the molecule is CN(Cc1nc2ccccc2s1)C(=O)C(C)(C)S(C)(=O)=O. The highest BCUT2D eigenvalue weighted by Crippen LogP contribution is 2.24. The molecule has 1 aromatic carbocycles. The molecule has 21 heavy (non-hydrogen) atoms. The summed E-state index contributed by atoms with van der Waals surface area (Å²) < 4.78 is 23.1. The summed E-state index contributed by atoms with van der Waals surface area (Å²) in [5.41, 5.74) is 0.890. The Morgan fingerprint density at radius 2 is 1.95 bits per heavy atom. The van der Waals surface area contributed by atoms with Gasteiger partial charge in [-0.25, -0.2) is 13.4 Å². The lowest BCUT2D eigenvalue weighted by Gasteiger charge is -2.27. The van der Waals surface area contributed by atoms with Gasteiger partial charge in [-0.15, -0.1) is 11.3 Å². The molecule has 0 unspecified atom stereocenters. The summed E-state index contributed by atoms with van der Waals surface area (Å²) in [6.45, 7) is 3.16. The van der Waals surface area contributed by atoms with Crippen LogP contribution >= 0.6 is 11.3 Å². The molecule has 0 aliphatic heterocycles. The van der Waals surface area contributed by atoms with Crippen LogP contribution in [0.15, 0.2) is 24.3 Å². The second kappa shape index (κ2) is 5.38. The monoisotopic (exact) mass is 326 g/mol. The van der Waals surface area contributed by atoms with Crippen molar-refractivity contribution in [1.29, 1.82) is 0 Å². The largest absolute Gasteiger partial charge is 0.338 e. The Kier molecular flexibility index (Phi) is 4.08. The van der Waals surface area contributed by atoms with Crippen molar-refractivity contribution in [2.24, 2.45) is 0 Å². The highest BCUT2D eigenvalue weighted by Gasteiger charge is 2.40. The summed E-state index contributed by atoms with van der Waals surface area (Å²) in [4.78, 5) is 18.2. The zero-order chi connectivity index (χ0) is 15.8. The number of benzene rings is 1. The van der Waals surface area contributed by atoms with Gasteiger partial charge in [0.1, 0.15) is 9.75 Å². The first kappa shape index (κ1) is 15.9. The highest BCUT2D eigenvalue weighted by atomic mass is 32.2. The maximum Gasteiger partial charge on any atom is 0.243 e. The highest BCUT2D eigenvalue weighted by molar-refractivity contribution is 7.92. The minimum atomic E-state index is -3.47. The van der Waals surface area contributed by atoms with Gasteiger partial charge in [0.25, 0.3) is 0 Å². The summed E-state index contributed by atoms with van der Waals surface area (Å²) in [5, 5.41) is 0.788. The van der Waals surface area contributed by atoms with Crippen LogP contribution in [-0.2, 0) is 21.2 Å². The number of sulfone groups is 1. The summed E-state index contributed by atoms with van der Waals surface area (Å²) in [5.74, 6) is -0.427. The van der Waals surface area contributed by atoms with Gasteiger partial charge in [0, 0.05) is 13.3 Å². The molecular weight excluding hydrogens is 308 g/mol. The Balaban J connectivity index is 2.21. The molecule has 0 radical (unpaired) electrons. The van der Waals surface area contributed by atoms with Crippen molar-refractivity contribution in [1.82, 2.24) is 9.88 Å². The minimum Gasteiger partial charge on any atom is -0.338 e. The lowest BCUT2D eigenvalue weighted by Crippen LogP contribution is -2.47. The van der Waals surface area contributed by atoms with Crippen LogP contribution in [-0.4, -0.2) is 42.3 Å². The van der Waals surface area contributed by atoms with Gasteiger partial charge in [-0.2, -0.15) is 0 Å². The summed E-state index contributed by atoms with van der Waals surface area (Å²) in [6, 6.07) is 7.73. The summed E-state index contributed by atoms with van der Waals surface area (Å²) >= 11 is 1.51. The maximum atomic E-state index is 12.4. The van der Waals surface area contributed by atoms with Crippen molar-refractivity contribution >= 4 is 37.3 Å². The molecule has 1 amide bonds. The van der Waals surface area contributed by atoms with Crippen molar-refractivity contribution in [2.75, 3.05) is 13.3 Å². The molecule has 0 saturated carbocycles. The van der Waals surface area contributed by atoms with Crippen molar-refractivity contribution in [3.63, 3.8) is 0 Å². The molecule has 0 atom stereocenters. The van der Waals surface area contributed by atoms with E-state index in [1.165, 1.54) is 30.1 Å². The third-order valence-corrected chi connectivity index (χ3v) is 6.55. The van der Waals surface area contributed by atoms with Crippen LogP contribution in [0.25, 0.3) is 10.2 Å². The van der Waals surface area contributed by atoms with Crippen LogP contribution in [0.3, 0.4) is 0 Å². The quantitative estimate of drug-likeness (QED) is 0.863. The number of rotatable bonds is 4. The lowest BCUT2D eigenvalue weighted by atomic mass is 10.2. The topological polar surface area (TPSA) is 67.3 Å². The van der Waals surface area contributed by atoms with E-state index >= 15 is 0 Å². The number of fused-ring (bicyclic) bond motifs is 1. The predicted molar refractivity (Wildman–Crippen MR) is 85.0 cm³/mol. The molecule has 0 spiro atoms. The number of amides is 1. The fraction of sp³-hybridized carbons (Fsp3) is 0.429. The Hall–Kier alpha value is -1.47. The fourth-order valence-corrected chi connectivity index (χ4v) is 3.37. The number of aromatic nitrogens is 1. The number of nitrogens with zero attached hydrogens (tertiary/aromatic N) is 2. The van der Waals surface area contributed by atoms with E-state index in [9.17, 15) is 13.2 Å². The molecule has 0 fully saturated rings. The Labute approximate surface area is 128 Å². The number of para-hydroxylation sites is 1. The van der Waals surface area contributed by atoms with Crippen molar-refractivity contribution in [2.45, 2.75) is 25.1 Å². The molecular formula is C14H18N2O3S2. The van der Waals surface area contributed by atoms with Crippen LogP contribution in [0.4, 0.5) is 0 Å².